The monoisotopic (exact) mass is 300 g/mol. The summed E-state index contributed by atoms with van der Waals surface area (Å²) in [6, 6.07) is -0.130. The van der Waals surface area contributed by atoms with Crippen LogP contribution < -0.4 is 10.5 Å². The summed E-state index contributed by atoms with van der Waals surface area (Å²) in [5.41, 5.74) is 5.60. The average molecular weight is 301 g/mol. The van der Waals surface area contributed by atoms with Gasteiger partial charge in [0, 0.05) is 12.6 Å². The van der Waals surface area contributed by atoms with Gasteiger partial charge in [0.05, 0.1) is 5.75 Å². The Bertz CT molecular complexity index is 290. The Kier molecular flexibility index (Phi) is 11.4. The van der Waals surface area contributed by atoms with Crippen molar-refractivity contribution < 1.29 is 8.42 Å². The van der Waals surface area contributed by atoms with Gasteiger partial charge in [-0.2, -0.15) is 0 Å². The van der Waals surface area contributed by atoms with Gasteiger partial charge in [-0.15, -0.1) is 12.4 Å². The summed E-state index contributed by atoms with van der Waals surface area (Å²) in [5.74, 6) is 0.901. The Hall–Kier alpha value is 0.160. The number of hydrogen-bond donors (Lipinski definition) is 2. The molecule has 1 unspecified atom stereocenters. The maximum absolute atomic E-state index is 11.9. The van der Waals surface area contributed by atoms with Crippen molar-refractivity contribution >= 4 is 22.4 Å². The molecule has 0 radical (unpaired) electrons. The second-order valence-electron chi connectivity index (χ2n) is 5.14. The standard InChI is InChI=1S/C12H28N2O2S.ClH/c1-5-11(6-2)9-17(15,16)14-12(8-13)7-10(3)4;/h10-12,14H,5-9,13H2,1-4H3;1H. The van der Waals surface area contributed by atoms with E-state index in [0.717, 1.165) is 19.3 Å². The molecule has 0 saturated heterocycles. The Morgan fingerprint density at radius 2 is 1.67 bits per heavy atom. The topological polar surface area (TPSA) is 72.2 Å². The van der Waals surface area contributed by atoms with Crippen LogP contribution in [0.4, 0.5) is 0 Å². The van der Waals surface area contributed by atoms with Crippen LogP contribution in [0.5, 0.6) is 0 Å². The molecule has 0 saturated carbocycles. The molecule has 0 heterocycles. The lowest BCUT2D eigenvalue weighted by molar-refractivity contribution is 0.457. The van der Waals surface area contributed by atoms with E-state index in [2.05, 4.69) is 18.6 Å². The zero-order valence-corrected chi connectivity index (χ0v) is 13.6. The molecule has 0 bridgehead atoms. The van der Waals surface area contributed by atoms with Crippen LogP contribution in [0.1, 0.15) is 47.0 Å². The van der Waals surface area contributed by atoms with Crippen LogP contribution in [0.15, 0.2) is 0 Å². The first kappa shape index (κ1) is 20.5. The largest absolute Gasteiger partial charge is 0.329 e. The first-order valence-corrected chi connectivity index (χ1v) is 8.19. The fourth-order valence-corrected chi connectivity index (χ4v) is 3.79. The second-order valence-corrected chi connectivity index (χ2v) is 6.94. The average Bonchev–Trinajstić information content (AvgIpc) is 2.23. The Labute approximate surface area is 119 Å². The fraction of sp³-hybridized carbons (Fsp3) is 1.00. The first-order valence-electron chi connectivity index (χ1n) is 6.54. The lowest BCUT2D eigenvalue weighted by Crippen LogP contribution is -2.43. The number of nitrogens with two attached hydrogens (primary N) is 1. The summed E-state index contributed by atoms with van der Waals surface area (Å²) in [5, 5.41) is 0. The zero-order valence-electron chi connectivity index (χ0n) is 12.0. The zero-order chi connectivity index (χ0) is 13.5. The van der Waals surface area contributed by atoms with Crippen molar-refractivity contribution in [2.75, 3.05) is 12.3 Å². The third-order valence-corrected chi connectivity index (χ3v) is 4.60. The number of hydrogen-bond acceptors (Lipinski definition) is 3. The van der Waals surface area contributed by atoms with Crippen LogP contribution in [0, 0.1) is 11.8 Å². The molecule has 0 rings (SSSR count). The van der Waals surface area contributed by atoms with Gasteiger partial charge in [-0.25, -0.2) is 13.1 Å². The molecule has 0 aliphatic rings. The van der Waals surface area contributed by atoms with E-state index in [1.807, 2.05) is 13.8 Å². The lowest BCUT2D eigenvalue weighted by Gasteiger charge is -2.20. The van der Waals surface area contributed by atoms with Crippen LogP contribution in [-0.4, -0.2) is 26.8 Å². The highest BCUT2D eigenvalue weighted by molar-refractivity contribution is 7.89. The van der Waals surface area contributed by atoms with E-state index in [-0.39, 0.29) is 30.1 Å². The number of halogens is 1. The molecule has 18 heavy (non-hydrogen) atoms. The summed E-state index contributed by atoms with van der Waals surface area (Å²) in [6.07, 6.45) is 2.59. The highest BCUT2D eigenvalue weighted by Crippen LogP contribution is 2.11. The Balaban J connectivity index is 0. The van der Waals surface area contributed by atoms with Crippen molar-refractivity contribution in [1.29, 1.82) is 0 Å². The normalized spacial score (nSPS) is 13.7. The van der Waals surface area contributed by atoms with Crippen LogP contribution in [-0.2, 0) is 10.0 Å². The van der Waals surface area contributed by atoms with Crippen LogP contribution >= 0.6 is 12.4 Å². The summed E-state index contributed by atoms with van der Waals surface area (Å²) in [4.78, 5) is 0. The van der Waals surface area contributed by atoms with Gasteiger partial charge in [-0.1, -0.05) is 40.5 Å². The third-order valence-electron chi connectivity index (χ3n) is 3.00. The molecular formula is C12H29ClN2O2S. The summed E-state index contributed by atoms with van der Waals surface area (Å²) in [6.45, 7) is 8.55. The summed E-state index contributed by atoms with van der Waals surface area (Å²) >= 11 is 0. The van der Waals surface area contributed by atoms with Gasteiger partial charge >= 0.3 is 0 Å². The molecule has 0 spiro atoms. The van der Waals surface area contributed by atoms with Gasteiger partial charge in [0.15, 0.2) is 0 Å². The van der Waals surface area contributed by atoms with Gasteiger partial charge in [-0.3, -0.25) is 0 Å². The van der Waals surface area contributed by atoms with Crippen molar-refractivity contribution in [3.63, 3.8) is 0 Å². The minimum absolute atomic E-state index is 0. The molecule has 112 valence electrons. The molecule has 6 heteroatoms. The predicted molar refractivity (Wildman–Crippen MR) is 80.5 cm³/mol. The lowest BCUT2D eigenvalue weighted by atomic mass is 10.1. The van der Waals surface area contributed by atoms with E-state index < -0.39 is 10.0 Å². The van der Waals surface area contributed by atoms with E-state index in [4.69, 9.17) is 5.73 Å². The van der Waals surface area contributed by atoms with Crippen LogP contribution in [0.2, 0.25) is 0 Å². The third kappa shape index (κ3) is 9.14. The maximum Gasteiger partial charge on any atom is 0.212 e. The van der Waals surface area contributed by atoms with E-state index in [0.29, 0.717) is 12.5 Å². The maximum atomic E-state index is 11.9. The van der Waals surface area contributed by atoms with E-state index in [1.165, 1.54) is 0 Å². The molecule has 3 N–H and O–H groups in total. The van der Waals surface area contributed by atoms with Gasteiger partial charge in [-0.05, 0) is 18.3 Å². The summed E-state index contributed by atoms with van der Waals surface area (Å²) in [7, 11) is -3.19. The Morgan fingerprint density at radius 1 is 1.17 bits per heavy atom. The molecule has 1 atom stereocenters. The van der Waals surface area contributed by atoms with Gasteiger partial charge in [0.2, 0.25) is 10.0 Å². The molecule has 0 fully saturated rings. The highest BCUT2D eigenvalue weighted by Gasteiger charge is 2.20. The highest BCUT2D eigenvalue weighted by atomic mass is 35.5. The first-order chi connectivity index (χ1) is 7.84. The quantitative estimate of drug-likeness (QED) is 0.685. The molecule has 0 aliphatic carbocycles. The van der Waals surface area contributed by atoms with Crippen LogP contribution in [0.25, 0.3) is 0 Å². The van der Waals surface area contributed by atoms with E-state index >= 15 is 0 Å². The van der Waals surface area contributed by atoms with Crippen molar-refractivity contribution in [2.24, 2.45) is 17.6 Å². The summed E-state index contributed by atoms with van der Waals surface area (Å²) < 4.78 is 26.6. The molecule has 0 aromatic carbocycles. The molecular weight excluding hydrogens is 272 g/mol. The molecule has 4 nitrogen and oxygen atoms in total. The second kappa shape index (κ2) is 10.0. The molecule has 0 aliphatic heterocycles. The SMILES string of the molecule is CCC(CC)CS(=O)(=O)NC(CN)CC(C)C.Cl. The van der Waals surface area contributed by atoms with Crippen molar-refractivity contribution in [2.45, 2.75) is 53.0 Å². The molecule has 0 aromatic rings. The smallest absolute Gasteiger partial charge is 0.212 e. The number of sulfonamides is 1. The van der Waals surface area contributed by atoms with E-state index in [1.54, 1.807) is 0 Å². The van der Waals surface area contributed by atoms with Gasteiger partial charge < -0.3 is 5.73 Å². The molecule has 0 amide bonds. The van der Waals surface area contributed by atoms with Crippen molar-refractivity contribution in [3.8, 4) is 0 Å². The van der Waals surface area contributed by atoms with Gasteiger partial charge in [0.25, 0.3) is 0 Å². The van der Waals surface area contributed by atoms with Crippen LogP contribution in [0.3, 0.4) is 0 Å². The minimum Gasteiger partial charge on any atom is -0.329 e. The fourth-order valence-electron chi connectivity index (χ4n) is 1.90. The van der Waals surface area contributed by atoms with Crippen molar-refractivity contribution in [3.05, 3.63) is 0 Å². The number of nitrogens with one attached hydrogen (secondary N) is 1. The Morgan fingerprint density at radius 3 is 2.00 bits per heavy atom. The minimum atomic E-state index is -3.19. The molecule has 0 aromatic heterocycles. The van der Waals surface area contributed by atoms with E-state index in [9.17, 15) is 8.42 Å². The predicted octanol–water partition coefficient (Wildman–Crippen LogP) is 2.14. The number of rotatable bonds is 9. The van der Waals surface area contributed by atoms with Gasteiger partial charge in [0.1, 0.15) is 0 Å². The van der Waals surface area contributed by atoms with Crippen molar-refractivity contribution in [1.82, 2.24) is 4.72 Å².